The van der Waals surface area contributed by atoms with Crippen LogP contribution in [-0.2, 0) is 19.4 Å². The van der Waals surface area contributed by atoms with E-state index in [0.29, 0.717) is 11.0 Å². The quantitative estimate of drug-likeness (QED) is 0.240. The third kappa shape index (κ3) is 4.47. The van der Waals surface area contributed by atoms with Gasteiger partial charge in [0.05, 0.1) is 18.2 Å². The molecule has 4 aromatic rings. The van der Waals surface area contributed by atoms with E-state index in [2.05, 4.69) is 9.98 Å². The Kier molecular flexibility index (Phi) is 6.06. The van der Waals surface area contributed by atoms with Crippen molar-refractivity contribution >= 4 is 45.1 Å². The third-order valence-corrected chi connectivity index (χ3v) is 6.96. The maximum atomic E-state index is 6.52. The number of hydrogen-bond acceptors (Lipinski definition) is 6. The summed E-state index contributed by atoms with van der Waals surface area (Å²) in [6.45, 7) is 0.275. The molecule has 0 N–H and O–H groups in total. The number of hydrogen-bond donors (Lipinski definition) is 0. The molecule has 0 spiro atoms. The van der Waals surface area contributed by atoms with Gasteiger partial charge in [-0.3, -0.25) is 4.99 Å². The highest BCUT2D eigenvalue weighted by Crippen LogP contribution is 2.38. The summed E-state index contributed by atoms with van der Waals surface area (Å²) in [5, 5.41) is 1.58. The van der Waals surface area contributed by atoms with Gasteiger partial charge in [0, 0.05) is 11.1 Å². The van der Waals surface area contributed by atoms with Crippen molar-refractivity contribution in [3.63, 3.8) is 0 Å². The van der Waals surface area contributed by atoms with Crippen LogP contribution in [-0.4, -0.2) is 23.3 Å². The van der Waals surface area contributed by atoms with Crippen LogP contribution >= 0.6 is 22.9 Å². The molecule has 0 atom stereocenters. The first-order valence-electron chi connectivity index (χ1n) is 10.6. The molecular weight excluding hydrogens is 442 g/mol. The number of ether oxygens (including phenoxy) is 2. The molecule has 0 aliphatic heterocycles. The molecule has 0 bridgehead atoms. The number of fused-ring (bicyclic) bond motifs is 3. The van der Waals surface area contributed by atoms with Crippen LogP contribution in [0.15, 0.2) is 53.5 Å². The second-order valence-electron chi connectivity index (χ2n) is 7.64. The third-order valence-electron chi connectivity index (χ3n) is 5.50. The van der Waals surface area contributed by atoms with Crippen LogP contribution in [0.1, 0.15) is 34.7 Å². The van der Waals surface area contributed by atoms with Gasteiger partial charge in [0.15, 0.2) is 5.82 Å². The Morgan fingerprint density at radius 1 is 1.00 bits per heavy atom. The van der Waals surface area contributed by atoms with Gasteiger partial charge < -0.3 is 9.47 Å². The van der Waals surface area contributed by atoms with E-state index >= 15 is 0 Å². The molecule has 1 aliphatic carbocycles. The van der Waals surface area contributed by atoms with Gasteiger partial charge in [-0.05, 0) is 85.3 Å². The Balaban J connectivity index is 1.25. The summed E-state index contributed by atoms with van der Waals surface area (Å²) in [6.07, 6.45) is 6.46. The van der Waals surface area contributed by atoms with Crippen LogP contribution in [0, 0.1) is 0 Å². The first-order chi connectivity index (χ1) is 15.7. The standard InChI is InChI=1S/C25H22ClN3O2S/c1-30-18-12-8-17(9-13-18)27-14-16-6-10-19(11-7-16)31-15-22-28-24(26)23-20-4-2-3-5-21(20)32-25(23)29-22/h6-14H,2-5,15H2,1H3. The molecule has 162 valence electrons. The predicted octanol–water partition coefficient (Wildman–Crippen LogP) is 6.56. The molecule has 0 unspecified atom stereocenters. The molecule has 0 saturated heterocycles. The summed E-state index contributed by atoms with van der Waals surface area (Å²) in [5.41, 5.74) is 3.20. The van der Waals surface area contributed by atoms with E-state index in [1.54, 1.807) is 18.4 Å². The van der Waals surface area contributed by atoms with Gasteiger partial charge in [-0.15, -0.1) is 11.3 Å². The number of rotatable bonds is 6. The van der Waals surface area contributed by atoms with Crippen molar-refractivity contribution in [1.82, 2.24) is 9.97 Å². The Labute approximate surface area is 195 Å². The minimum Gasteiger partial charge on any atom is -0.497 e. The highest BCUT2D eigenvalue weighted by Gasteiger charge is 2.20. The number of nitrogens with zero attached hydrogens (tertiary/aromatic N) is 3. The molecule has 0 fully saturated rings. The maximum absolute atomic E-state index is 6.52. The van der Waals surface area contributed by atoms with Crippen molar-refractivity contribution in [3.05, 3.63) is 75.5 Å². The summed E-state index contributed by atoms with van der Waals surface area (Å²) < 4.78 is 11.1. The summed E-state index contributed by atoms with van der Waals surface area (Å²) in [5.74, 6) is 2.16. The Hall–Kier alpha value is -2.96. The van der Waals surface area contributed by atoms with Crippen molar-refractivity contribution in [2.24, 2.45) is 4.99 Å². The van der Waals surface area contributed by atoms with Crippen molar-refractivity contribution in [1.29, 1.82) is 0 Å². The Morgan fingerprint density at radius 2 is 1.75 bits per heavy atom. The lowest BCUT2D eigenvalue weighted by atomic mass is 9.97. The fourth-order valence-electron chi connectivity index (χ4n) is 3.83. The second-order valence-corrected chi connectivity index (χ2v) is 9.08. The number of methoxy groups -OCH3 is 1. The topological polar surface area (TPSA) is 56.6 Å². The summed E-state index contributed by atoms with van der Waals surface area (Å²) >= 11 is 8.27. The van der Waals surface area contributed by atoms with Gasteiger partial charge in [-0.1, -0.05) is 11.6 Å². The molecular formula is C25H22ClN3O2S. The van der Waals surface area contributed by atoms with Crippen LogP contribution in [0.3, 0.4) is 0 Å². The number of aliphatic imine (C=N–C) groups is 1. The number of benzene rings is 2. The van der Waals surface area contributed by atoms with E-state index in [4.69, 9.17) is 26.1 Å². The molecule has 0 radical (unpaired) electrons. The molecule has 2 aromatic heterocycles. The van der Waals surface area contributed by atoms with E-state index in [1.165, 1.54) is 23.3 Å². The minimum absolute atomic E-state index is 0.275. The monoisotopic (exact) mass is 463 g/mol. The molecule has 2 heterocycles. The van der Waals surface area contributed by atoms with Gasteiger partial charge >= 0.3 is 0 Å². The number of thiophene rings is 1. The molecule has 0 amide bonds. The van der Waals surface area contributed by atoms with Gasteiger partial charge in [0.1, 0.15) is 28.1 Å². The summed E-state index contributed by atoms with van der Waals surface area (Å²) in [4.78, 5) is 16.1. The zero-order valence-electron chi connectivity index (χ0n) is 17.7. The van der Waals surface area contributed by atoms with Gasteiger partial charge in [0.2, 0.25) is 0 Å². The van der Waals surface area contributed by atoms with Crippen LogP contribution < -0.4 is 9.47 Å². The zero-order valence-corrected chi connectivity index (χ0v) is 19.2. The lowest BCUT2D eigenvalue weighted by molar-refractivity contribution is 0.296. The van der Waals surface area contributed by atoms with Crippen molar-refractivity contribution in [2.75, 3.05) is 7.11 Å². The lowest BCUT2D eigenvalue weighted by Crippen LogP contribution is -2.03. The Morgan fingerprint density at radius 3 is 2.53 bits per heavy atom. The first-order valence-corrected chi connectivity index (χ1v) is 11.8. The van der Waals surface area contributed by atoms with E-state index in [0.717, 1.165) is 45.8 Å². The average molecular weight is 464 g/mol. The summed E-state index contributed by atoms with van der Waals surface area (Å²) in [6, 6.07) is 15.4. The molecule has 2 aromatic carbocycles. The predicted molar refractivity (Wildman–Crippen MR) is 130 cm³/mol. The maximum Gasteiger partial charge on any atom is 0.169 e. The van der Waals surface area contributed by atoms with Crippen molar-refractivity contribution < 1.29 is 9.47 Å². The molecule has 5 nitrogen and oxygen atoms in total. The molecule has 0 saturated carbocycles. The number of aromatic nitrogens is 2. The average Bonchev–Trinajstić information content (AvgIpc) is 3.21. The largest absolute Gasteiger partial charge is 0.497 e. The molecule has 7 heteroatoms. The van der Waals surface area contributed by atoms with E-state index < -0.39 is 0 Å². The van der Waals surface area contributed by atoms with Gasteiger partial charge in [0.25, 0.3) is 0 Å². The molecule has 32 heavy (non-hydrogen) atoms. The molecule has 5 rings (SSSR count). The lowest BCUT2D eigenvalue weighted by Gasteiger charge is -2.10. The minimum atomic E-state index is 0.275. The van der Waals surface area contributed by atoms with Crippen LogP contribution in [0.5, 0.6) is 11.5 Å². The Bertz CT molecular complexity index is 1270. The van der Waals surface area contributed by atoms with Gasteiger partial charge in [-0.2, -0.15) is 0 Å². The molecule has 1 aliphatic rings. The van der Waals surface area contributed by atoms with Crippen LogP contribution in [0.25, 0.3) is 10.2 Å². The fraction of sp³-hybridized carbons (Fsp3) is 0.240. The van der Waals surface area contributed by atoms with Crippen molar-refractivity contribution in [2.45, 2.75) is 32.3 Å². The van der Waals surface area contributed by atoms with Gasteiger partial charge in [-0.25, -0.2) is 9.97 Å². The van der Waals surface area contributed by atoms with E-state index in [9.17, 15) is 0 Å². The first kappa shape index (κ1) is 20.9. The smallest absolute Gasteiger partial charge is 0.169 e. The highest BCUT2D eigenvalue weighted by atomic mass is 35.5. The zero-order chi connectivity index (χ0) is 21.9. The SMILES string of the molecule is COc1ccc(N=Cc2ccc(OCc3nc(Cl)c4c5c(sc4n3)CCCC5)cc2)cc1. The number of halogens is 1. The summed E-state index contributed by atoms with van der Waals surface area (Å²) in [7, 11) is 1.65. The van der Waals surface area contributed by atoms with E-state index in [-0.39, 0.29) is 6.61 Å². The highest BCUT2D eigenvalue weighted by molar-refractivity contribution is 7.19. The van der Waals surface area contributed by atoms with E-state index in [1.807, 2.05) is 54.7 Å². The normalized spacial score (nSPS) is 13.4. The van der Waals surface area contributed by atoms with Crippen LogP contribution in [0.4, 0.5) is 5.69 Å². The van der Waals surface area contributed by atoms with Crippen molar-refractivity contribution in [3.8, 4) is 11.5 Å². The van der Waals surface area contributed by atoms with Crippen LogP contribution in [0.2, 0.25) is 5.15 Å². The number of aryl methyl sites for hydroxylation is 2. The second kappa shape index (κ2) is 9.27. The fourth-order valence-corrected chi connectivity index (χ4v) is 5.47.